The number of hydrogen-bond donors (Lipinski definition) is 0. The molecule has 1 unspecified atom stereocenters. The first-order valence-electron chi connectivity index (χ1n) is 10.0. The maximum Gasteiger partial charge on any atom is 0.264 e. The minimum Gasteiger partial charge on any atom is -0.331 e. The highest BCUT2D eigenvalue weighted by atomic mass is 35.5. The summed E-state index contributed by atoms with van der Waals surface area (Å²) < 4.78 is 1.99. The van der Waals surface area contributed by atoms with Gasteiger partial charge in [-0.1, -0.05) is 23.7 Å². The molecule has 30 heavy (non-hydrogen) atoms. The summed E-state index contributed by atoms with van der Waals surface area (Å²) in [6.07, 6.45) is 5.60. The van der Waals surface area contributed by atoms with Crippen LogP contribution in [0.3, 0.4) is 0 Å². The molecule has 1 fully saturated rings. The Labute approximate surface area is 183 Å². The number of aromatic nitrogens is 3. The van der Waals surface area contributed by atoms with Gasteiger partial charge in [-0.25, -0.2) is 0 Å². The van der Waals surface area contributed by atoms with Crippen LogP contribution in [-0.2, 0) is 6.54 Å². The summed E-state index contributed by atoms with van der Waals surface area (Å²) in [6.45, 7) is 3.44. The average molecular weight is 437 g/mol. The average Bonchev–Trinajstić information content (AvgIpc) is 3.48. The Balaban J connectivity index is 1.45. The van der Waals surface area contributed by atoms with E-state index in [0.29, 0.717) is 6.54 Å². The number of amides is 1. The molecule has 0 saturated carbocycles. The lowest BCUT2D eigenvalue weighted by Gasteiger charge is -2.24. The number of fused-ring (bicyclic) bond motifs is 1. The van der Waals surface area contributed by atoms with E-state index in [1.165, 1.54) is 11.3 Å². The molecule has 1 aliphatic rings. The number of benzene rings is 1. The molecule has 1 amide bonds. The third-order valence-electron chi connectivity index (χ3n) is 5.67. The van der Waals surface area contributed by atoms with Gasteiger partial charge < -0.3 is 4.90 Å². The van der Waals surface area contributed by atoms with Gasteiger partial charge in [0.2, 0.25) is 0 Å². The monoisotopic (exact) mass is 436 g/mol. The molecule has 4 aromatic rings. The Kier molecular flexibility index (Phi) is 5.05. The Morgan fingerprint density at radius 1 is 1.20 bits per heavy atom. The second-order valence-electron chi connectivity index (χ2n) is 7.64. The van der Waals surface area contributed by atoms with Crippen molar-refractivity contribution in [2.45, 2.75) is 32.4 Å². The molecule has 1 aliphatic heterocycles. The molecule has 1 atom stereocenters. The zero-order valence-corrected chi connectivity index (χ0v) is 18.2. The largest absolute Gasteiger partial charge is 0.331 e. The first-order chi connectivity index (χ1) is 14.6. The maximum absolute atomic E-state index is 13.4. The Morgan fingerprint density at radius 2 is 1.97 bits per heavy atom. The lowest BCUT2D eigenvalue weighted by atomic mass is 10.1. The molecule has 1 aromatic carbocycles. The number of rotatable bonds is 4. The second-order valence-corrected chi connectivity index (χ2v) is 9.10. The van der Waals surface area contributed by atoms with E-state index in [1.807, 2.05) is 59.0 Å². The molecule has 5 nitrogen and oxygen atoms in total. The normalized spacial score (nSPS) is 16.5. The highest BCUT2D eigenvalue weighted by Crippen LogP contribution is 2.36. The molecule has 5 rings (SSSR count). The number of carbonyl (C=O) groups is 1. The van der Waals surface area contributed by atoms with Gasteiger partial charge in [-0.15, -0.1) is 11.3 Å². The van der Waals surface area contributed by atoms with Gasteiger partial charge in [0.25, 0.3) is 5.91 Å². The number of carbonyl (C=O) groups excluding carboxylic acids is 1. The minimum atomic E-state index is 0.105. The van der Waals surface area contributed by atoms with E-state index in [2.05, 4.69) is 4.98 Å². The van der Waals surface area contributed by atoms with Crippen molar-refractivity contribution in [2.24, 2.45) is 0 Å². The van der Waals surface area contributed by atoms with Crippen LogP contribution in [0.1, 0.15) is 45.4 Å². The number of pyridine rings is 1. The summed E-state index contributed by atoms with van der Waals surface area (Å²) in [5.41, 5.74) is 3.23. The predicted octanol–water partition coefficient (Wildman–Crippen LogP) is 5.48. The fourth-order valence-corrected chi connectivity index (χ4v) is 5.41. The topological polar surface area (TPSA) is 51.0 Å². The third kappa shape index (κ3) is 3.50. The molecule has 4 heterocycles. The van der Waals surface area contributed by atoms with Gasteiger partial charge >= 0.3 is 0 Å². The van der Waals surface area contributed by atoms with E-state index < -0.39 is 0 Å². The first kappa shape index (κ1) is 19.3. The molecule has 7 heteroatoms. The van der Waals surface area contributed by atoms with Crippen molar-refractivity contribution in [1.82, 2.24) is 19.7 Å². The molecule has 1 saturated heterocycles. The molecular formula is C23H21ClN4OS. The zero-order chi connectivity index (χ0) is 20.7. The van der Waals surface area contributed by atoms with Crippen molar-refractivity contribution in [3.63, 3.8) is 0 Å². The van der Waals surface area contributed by atoms with E-state index in [1.54, 1.807) is 12.4 Å². The quantitative estimate of drug-likeness (QED) is 0.425. The van der Waals surface area contributed by atoms with Gasteiger partial charge in [0.1, 0.15) is 4.83 Å². The van der Waals surface area contributed by atoms with Gasteiger partial charge in [0, 0.05) is 29.3 Å². The van der Waals surface area contributed by atoms with Crippen molar-refractivity contribution in [2.75, 3.05) is 6.54 Å². The predicted molar refractivity (Wildman–Crippen MR) is 120 cm³/mol. The molecule has 152 valence electrons. The fourth-order valence-electron chi connectivity index (χ4n) is 4.17. The summed E-state index contributed by atoms with van der Waals surface area (Å²) >= 11 is 7.53. The van der Waals surface area contributed by atoms with Crippen LogP contribution < -0.4 is 0 Å². The van der Waals surface area contributed by atoms with Crippen molar-refractivity contribution < 1.29 is 4.79 Å². The number of aryl methyl sites for hydroxylation is 1. The van der Waals surface area contributed by atoms with Crippen LogP contribution in [0, 0.1) is 6.92 Å². The van der Waals surface area contributed by atoms with Gasteiger partial charge in [0.15, 0.2) is 0 Å². The van der Waals surface area contributed by atoms with E-state index in [0.717, 1.165) is 56.3 Å². The fraction of sp³-hybridized carbons (Fsp3) is 0.261. The van der Waals surface area contributed by atoms with Crippen LogP contribution in [0.15, 0.2) is 54.9 Å². The van der Waals surface area contributed by atoms with Crippen molar-refractivity contribution in [3.8, 4) is 0 Å². The molecule has 0 N–H and O–H groups in total. The Bertz CT molecular complexity index is 1200. The number of likely N-dealkylation sites (tertiary alicyclic amines) is 1. The number of thiophene rings is 1. The van der Waals surface area contributed by atoms with Crippen LogP contribution in [0.2, 0.25) is 5.02 Å². The van der Waals surface area contributed by atoms with Gasteiger partial charge in [-0.2, -0.15) is 5.10 Å². The Morgan fingerprint density at radius 3 is 2.73 bits per heavy atom. The molecule has 0 spiro atoms. The SMILES string of the molecule is Cc1nn(Cc2ccc(Cl)cc2)c2sc(C(=O)N3CCCC3c3ccncc3)cc12. The van der Waals surface area contributed by atoms with Crippen LogP contribution in [0.5, 0.6) is 0 Å². The number of halogens is 1. The summed E-state index contributed by atoms with van der Waals surface area (Å²) in [6, 6.07) is 13.9. The maximum atomic E-state index is 13.4. The van der Waals surface area contributed by atoms with E-state index in [9.17, 15) is 4.79 Å². The number of nitrogens with zero attached hydrogens (tertiary/aromatic N) is 4. The van der Waals surface area contributed by atoms with Crippen molar-refractivity contribution in [1.29, 1.82) is 0 Å². The summed E-state index contributed by atoms with van der Waals surface area (Å²) in [7, 11) is 0. The smallest absolute Gasteiger partial charge is 0.264 e. The lowest BCUT2D eigenvalue weighted by molar-refractivity contribution is 0.0740. The van der Waals surface area contributed by atoms with E-state index >= 15 is 0 Å². The van der Waals surface area contributed by atoms with Gasteiger partial charge in [-0.3, -0.25) is 14.5 Å². The van der Waals surface area contributed by atoms with Crippen LogP contribution in [0.25, 0.3) is 10.2 Å². The van der Waals surface area contributed by atoms with Crippen LogP contribution in [0.4, 0.5) is 0 Å². The van der Waals surface area contributed by atoms with E-state index in [-0.39, 0.29) is 11.9 Å². The highest BCUT2D eigenvalue weighted by Gasteiger charge is 2.31. The van der Waals surface area contributed by atoms with Crippen molar-refractivity contribution >= 4 is 39.1 Å². The molecule has 0 bridgehead atoms. The van der Waals surface area contributed by atoms with Crippen LogP contribution in [-0.4, -0.2) is 32.1 Å². The summed E-state index contributed by atoms with van der Waals surface area (Å²) in [5, 5.41) is 6.46. The highest BCUT2D eigenvalue weighted by molar-refractivity contribution is 7.20. The first-order valence-corrected chi connectivity index (χ1v) is 11.2. The van der Waals surface area contributed by atoms with E-state index in [4.69, 9.17) is 16.7 Å². The molecular weight excluding hydrogens is 416 g/mol. The lowest BCUT2D eigenvalue weighted by Crippen LogP contribution is -2.29. The third-order valence-corrected chi connectivity index (χ3v) is 7.06. The van der Waals surface area contributed by atoms with Gasteiger partial charge in [0.05, 0.1) is 23.2 Å². The standard InChI is InChI=1S/C23H21ClN4OS/c1-15-19-13-21(22(29)27-12-2-3-20(27)17-8-10-25-11-9-17)30-23(19)28(26-15)14-16-4-6-18(24)7-5-16/h4-11,13,20H,2-3,12,14H2,1H3. The summed E-state index contributed by atoms with van der Waals surface area (Å²) in [5.74, 6) is 0.105. The molecule has 0 radical (unpaired) electrons. The number of hydrogen-bond acceptors (Lipinski definition) is 4. The molecule has 0 aliphatic carbocycles. The van der Waals surface area contributed by atoms with Gasteiger partial charge in [-0.05, 0) is 61.2 Å². The summed E-state index contributed by atoms with van der Waals surface area (Å²) in [4.78, 5) is 21.3. The molecule has 3 aromatic heterocycles. The Hall–Kier alpha value is -2.70. The zero-order valence-electron chi connectivity index (χ0n) is 16.6. The minimum absolute atomic E-state index is 0.105. The van der Waals surface area contributed by atoms with Crippen molar-refractivity contribution in [3.05, 3.63) is 81.6 Å². The van der Waals surface area contributed by atoms with Crippen LogP contribution >= 0.6 is 22.9 Å². The second kappa shape index (κ2) is 7.85.